The monoisotopic (exact) mass is 129 g/mol. The third-order valence-electron chi connectivity index (χ3n) is 1.93. The maximum Gasteiger partial charge on any atom is 0.326 e. The molecule has 1 fully saturated rings. The van der Waals surface area contributed by atoms with Gasteiger partial charge in [-0.2, -0.15) is 0 Å². The lowest BCUT2D eigenvalue weighted by atomic mass is 10.2. The third-order valence-corrected chi connectivity index (χ3v) is 1.93. The van der Waals surface area contributed by atoms with Crippen LogP contribution in [0.4, 0.5) is 0 Å². The van der Waals surface area contributed by atoms with Crippen LogP contribution in [0.1, 0.15) is 13.3 Å². The SMILES string of the molecule is COC(=O)[C@]1(N)CC1C. The van der Waals surface area contributed by atoms with E-state index in [1.54, 1.807) is 0 Å². The fourth-order valence-electron chi connectivity index (χ4n) is 0.922. The average Bonchev–Trinajstić information content (AvgIpc) is 2.41. The van der Waals surface area contributed by atoms with E-state index in [-0.39, 0.29) is 5.97 Å². The molecule has 0 aliphatic heterocycles. The van der Waals surface area contributed by atoms with Crippen molar-refractivity contribution in [1.82, 2.24) is 0 Å². The molecule has 0 aromatic rings. The molecule has 2 N–H and O–H groups in total. The lowest BCUT2D eigenvalue weighted by molar-refractivity contribution is -0.143. The third kappa shape index (κ3) is 0.812. The maximum atomic E-state index is 10.8. The van der Waals surface area contributed by atoms with Crippen molar-refractivity contribution >= 4 is 5.97 Å². The highest BCUT2D eigenvalue weighted by Crippen LogP contribution is 2.40. The van der Waals surface area contributed by atoms with Gasteiger partial charge in [0.15, 0.2) is 0 Å². The van der Waals surface area contributed by atoms with Gasteiger partial charge >= 0.3 is 5.97 Å². The second kappa shape index (κ2) is 1.70. The Morgan fingerprint density at radius 3 is 2.44 bits per heavy atom. The number of esters is 1. The molecule has 1 unspecified atom stereocenters. The van der Waals surface area contributed by atoms with E-state index < -0.39 is 5.54 Å². The highest BCUT2D eigenvalue weighted by atomic mass is 16.5. The molecule has 9 heavy (non-hydrogen) atoms. The van der Waals surface area contributed by atoms with Gasteiger partial charge in [0.25, 0.3) is 0 Å². The summed E-state index contributed by atoms with van der Waals surface area (Å²) in [5.74, 6) is 0.0138. The van der Waals surface area contributed by atoms with Crippen molar-refractivity contribution in [2.75, 3.05) is 7.11 Å². The van der Waals surface area contributed by atoms with Crippen molar-refractivity contribution < 1.29 is 9.53 Å². The van der Waals surface area contributed by atoms with Gasteiger partial charge in [-0.3, -0.25) is 4.79 Å². The molecule has 0 radical (unpaired) electrons. The number of methoxy groups -OCH3 is 1. The van der Waals surface area contributed by atoms with E-state index in [9.17, 15) is 4.79 Å². The number of rotatable bonds is 1. The van der Waals surface area contributed by atoms with Crippen LogP contribution in [0.2, 0.25) is 0 Å². The molecular formula is C6H11NO2. The Bertz CT molecular complexity index is 146. The number of carbonyl (C=O) groups excluding carboxylic acids is 1. The topological polar surface area (TPSA) is 52.3 Å². The minimum atomic E-state index is -0.644. The van der Waals surface area contributed by atoms with Crippen LogP contribution in [-0.2, 0) is 9.53 Å². The average molecular weight is 129 g/mol. The highest BCUT2D eigenvalue weighted by Gasteiger charge is 2.55. The zero-order chi connectivity index (χ0) is 7.07. The summed E-state index contributed by atoms with van der Waals surface area (Å²) in [6.07, 6.45) is 0.764. The van der Waals surface area contributed by atoms with Crippen LogP contribution in [-0.4, -0.2) is 18.6 Å². The van der Waals surface area contributed by atoms with E-state index in [2.05, 4.69) is 4.74 Å². The van der Waals surface area contributed by atoms with Crippen molar-refractivity contribution in [3.63, 3.8) is 0 Å². The minimum absolute atomic E-state index is 0.282. The first-order valence-electron chi connectivity index (χ1n) is 2.98. The largest absolute Gasteiger partial charge is 0.468 e. The zero-order valence-corrected chi connectivity index (χ0v) is 5.68. The number of hydrogen-bond donors (Lipinski definition) is 1. The van der Waals surface area contributed by atoms with Crippen LogP contribution >= 0.6 is 0 Å². The van der Waals surface area contributed by atoms with E-state index in [4.69, 9.17) is 5.73 Å². The minimum Gasteiger partial charge on any atom is -0.468 e. The summed E-state index contributed by atoms with van der Waals surface area (Å²) < 4.78 is 4.48. The maximum absolute atomic E-state index is 10.8. The molecular weight excluding hydrogens is 118 g/mol. The van der Waals surface area contributed by atoms with Crippen LogP contribution in [0.15, 0.2) is 0 Å². The number of hydrogen-bond acceptors (Lipinski definition) is 3. The Labute approximate surface area is 54.2 Å². The van der Waals surface area contributed by atoms with Crippen LogP contribution < -0.4 is 5.73 Å². The van der Waals surface area contributed by atoms with Crippen LogP contribution in [0.3, 0.4) is 0 Å². The molecule has 2 atom stereocenters. The van der Waals surface area contributed by atoms with Crippen molar-refractivity contribution in [1.29, 1.82) is 0 Å². The molecule has 0 amide bonds. The highest BCUT2D eigenvalue weighted by molar-refractivity contribution is 5.84. The molecule has 0 heterocycles. The normalized spacial score (nSPS) is 40.1. The van der Waals surface area contributed by atoms with E-state index in [1.165, 1.54) is 7.11 Å². The molecule has 0 aromatic heterocycles. The second-order valence-electron chi connectivity index (χ2n) is 2.64. The Hall–Kier alpha value is -0.570. The Balaban J connectivity index is 2.53. The van der Waals surface area contributed by atoms with Crippen LogP contribution in [0.25, 0.3) is 0 Å². The molecule has 1 aliphatic rings. The summed E-state index contributed by atoms with van der Waals surface area (Å²) in [7, 11) is 1.36. The molecule has 0 aromatic carbocycles. The van der Waals surface area contributed by atoms with Gasteiger partial charge < -0.3 is 10.5 Å². The number of nitrogens with two attached hydrogens (primary N) is 1. The molecule has 3 nitrogen and oxygen atoms in total. The van der Waals surface area contributed by atoms with Gasteiger partial charge in [0.1, 0.15) is 5.54 Å². The van der Waals surface area contributed by atoms with E-state index in [0.29, 0.717) is 5.92 Å². The van der Waals surface area contributed by atoms with Crippen LogP contribution in [0.5, 0.6) is 0 Å². The second-order valence-corrected chi connectivity index (χ2v) is 2.64. The first-order valence-corrected chi connectivity index (χ1v) is 2.98. The Kier molecular flexibility index (Phi) is 1.24. The molecule has 0 bridgehead atoms. The summed E-state index contributed by atoms with van der Waals surface area (Å²) in [4.78, 5) is 10.8. The van der Waals surface area contributed by atoms with E-state index in [1.807, 2.05) is 6.92 Å². The van der Waals surface area contributed by atoms with E-state index >= 15 is 0 Å². The van der Waals surface area contributed by atoms with Gasteiger partial charge in [0.2, 0.25) is 0 Å². The molecule has 3 heteroatoms. The fraction of sp³-hybridized carbons (Fsp3) is 0.833. The summed E-state index contributed by atoms with van der Waals surface area (Å²) in [6, 6.07) is 0. The molecule has 0 saturated heterocycles. The van der Waals surface area contributed by atoms with Gasteiger partial charge in [-0.25, -0.2) is 0 Å². The Morgan fingerprint density at radius 1 is 1.89 bits per heavy atom. The van der Waals surface area contributed by atoms with Crippen molar-refractivity contribution in [2.24, 2.45) is 11.7 Å². The summed E-state index contributed by atoms with van der Waals surface area (Å²) >= 11 is 0. The van der Waals surface area contributed by atoms with Gasteiger partial charge in [0, 0.05) is 0 Å². The van der Waals surface area contributed by atoms with E-state index in [0.717, 1.165) is 6.42 Å². The molecule has 1 saturated carbocycles. The first kappa shape index (κ1) is 6.55. The number of carbonyl (C=O) groups is 1. The lowest BCUT2D eigenvalue weighted by Crippen LogP contribution is -2.35. The summed E-state index contributed by atoms with van der Waals surface area (Å²) in [6.45, 7) is 1.94. The van der Waals surface area contributed by atoms with Crippen LogP contribution in [0, 0.1) is 5.92 Å². The summed E-state index contributed by atoms with van der Waals surface area (Å²) in [5.41, 5.74) is 4.93. The predicted molar refractivity (Wildman–Crippen MR) is 32.7 cm³/mol. The predicted octanol–water partition coefficient (Wildman–Crippen LogP) is -0.103. The quantitative estimate of drug-likeness (QED) is 0.503. The van der Waals surface area contributed by atoms with Crippen molar-refractivity contribution in [3.05, 3.63) is 0 Å². The molecule has 0 spiro atoms. The fourth-order valence-corrected chi connectivity index (χ4v) is 0.922. The first-order chi connectivity index (χ1) is 4.11. The zero-order valence-electron chi connectivity index (χ0n) is 5.68. The van der Waals surface area contributed by atoms with Gasteiger partial charge in [-0.1, -0.05) is 6.92 Å². The van der Waals surface area contributed by atoms with Crippen molar-refractivity contribution in [2.45, 2.75) is 18.9 Å². The summed E-state index contributed by atoms with van der Waals surface area (Å²) in [5, 5.41) is 0. The molecule has 1 rings (SSSR count). The van der Waals surface area contributed by atoms with Gasteiger partial charge in [0.05, 0.1) is 7.11 Å². The smallest absolute Gasteiger partial charge is 0.326 e. The van der Waals surface area contributed by atoms with Crippen molar-refractivity contribution in [3.8, 4) is 0 Å². The van der Waals surface area contributed by atoms with Gasteiger partial charge in [-0.05, 0) is 12.3 Å². The molecule has 52 valence electrons. The lowest BCUT2D eigenvalue weighted by Gasteiger charge is -2.04. The van der Waals surface area contributed by atoms with Gasteiger partial charge in [-0.15, -0.1) is 0 Å². The molecule has 1 aliphatic carbocycles. The standard InChI is InChI=1S/C6H11NO2/c1-4-3-6(4,7)5(8)9-2/h4H,3,7H2,1-2H3/t4?,6-/m0/s1. The Morgan fingerprint density at radius 2 is 2.33 bits per heavy atom. The number of ether oxygens (including phenoxy) is 1.